The molecule has 0 aliphatic carbocycles. The molecular weight excluding hydrogens is 681 g/mol. The summed E-state index contributed by atoms with van der Waals surface area (Å²) in [7, 11) is -4.40. The highest BCUT2D eigenvalue weighted by Gasteiger charge is 2.25. The molecule has 10 nitrogen and oxygen atoms in total. The van der Waals surface area contributed by atoms with Gasteiger partial charge in [-0.05, 0) is 76.7 Å². The van der Waals surface area contributed by atoms with Gasteiger partial charge in [0.2, 0.25) is 0 Å². The molecule has 0 spiro atoms. The lowest BCUT2D eigenvalue weighted by molar-refractivity contribution is -0.161. The van der Waals surface area contributed by atoms with Gasteiger partial charge in [-0.25, -0.2) is 4.57 Å². The van der Waals surface area contributed by atoms with E-state index in [1.54, 1.807) is 6.08 Å². The molecule has 0 amide bonds. The Hall–Kier alpha value is -2.62. The second-order valence-electron chi connectivity index (χ2n) is 12.8. The minimum absolute atomic E-state index is 0.0316. The van der Waals surface area contributed by atoms with Crippen molar-refractivity contribution in [2.45, 2.75) is 155 Å². The minimum Gasteiger partial charge on any atom is -0.462 e. The van der Waals surface area contributed by atoms with Crippen LogP contribution in [-0.2, 0) is 37.5 Å². The first kappa shape index (κ1) is 49.4. The van der Waals surface area contributed by atoms with E-state index in [1.807, 2.05) is 12.2 Å². The highest BCUT2D eigenvalue weighted by Crippen LogP contribution is 2.43. The number of rotatable bonds is 36. The van der Waals surface area contributed by atoms with Crippen LogP contribution in [0.3, 0.4) is 0 Å². The monoisotopic (exact) mass is 751 g/mol. The maximum Gasteiger partial charge on any atom is 0.472 e. The molecule has 52 heavy (non-hydrogen) atoms. The summed E-state index contributed by atoms with van der Waals surface area (Å²) in [5.74, 6) is -0.768. The molecule has 0 aromatic carbocycles. The SMILES string of the molecule is CCCCC/C=C\C/C=C\C/C=C\CCCCC(=O)O[C@H](COC(=O)CCCCCCC/C=C\C=C\C(=O)CCCCC)COP(=O)(O)OCCN. The molecule has 1 unspecified atom stereocenters. The van der Waals surface area contributed by atoms with Crippen molar-refractivity contribution >= 4 is 25.5 Å². The van der Waals surface area contributed by atoms with E-state index >= 15 is 0 Å². The Morgan fingerprint density at radius 1 is 0.635 bits per heavy atom. The van der Waals surface area contributed by atoms with E-state index in [9.17, 15) is 23.8 Å². The third-order valence-electron chi connectivity index (χ3n) is 7.85. The molecule has 0 aliphatic rings. The van der Waals surface area contributed by atoms with Crippen LogP contribution in [0.4, 0.5) is 0 Å². The molecule has 0 aromatic heterocycles. The number of ether oxygens (including phenoxy) is 2. The van der Waals surface area contributed by atoms with Gasteiger partial charge in [0.25, 0.3) is 0 Å². The normalized spacial score (nSPS) is 13.9. The number of phosphoric ester groups is 1. The Balaban J connectivity index is 4.36. The van der Waals surface area contributed by atoms with E-state index in [0.29, 0.717) is 19.3 Å². The van der Waals surface area contributed by atoms with Crippen molar-refractivity contribution in [2.75, 3.05) is 26.4 Å². The third-order valence-corrected chi connectivity index (χ3v) is 8.84. The molecule has 0 bridgehead atoms. The standard InChI is InChI=1S/C41H70NO9P/c1-3-5-7-8-9-10-11-12-13-14-15-18-22-25-29-33-41(45)51-39(37-50-52(46,47)49-35-34-42)36-48-40(44)32-28-24-21-19-16-17-20-23-27-31-38(43)30-26-6-4-2/h9-10,12-13,15,18,20,23,27,31,39H,3-8,11,14,16-17,19,21-22,24-26,28-30,32-37,42H2,1-2H3,(H,46,47)/b10-9-,13-12-,18-15-,23-20-,31-27+/t39-/m1/s1. The number of hydrogen-bond acceptors (Lipinski definition) is 9. The van der Waals surface area contributed by atoms with Gasteiger partial charge in [0, 0.05) is 25.8 Å². The first-order valence-corrected chi connectivity index (χ1v) is 21.2. The average Bonchev–Trinajstić information content (AvgIpc) is 3.12. The Morgan fingerprint density at radius 2 is 1.17 bits per heavy atom. The van der Waals surface area contributed by atoms with Gasteiger partial charge in [0.15, 0.2) is 11.9 Å². The number of unbranched alkanes of at least 4 members (excludes halogenated alkanes) is 12. The van der Waals surface area contributed by atoms with Crippen molar-refractivity contribution in [1.82, 2.24) is 0 Å². The van der Waals surface area contributed by atoms with Crippen molar-refractivity contribution in [3.8, 4) is 0 Å². The van der Waals surface area contributed by atoms with Crippen molar-refractivity contribution < 1.29 is 42.4 Å². The number of allylic oxidation sites excluding steroid dienone is 10. The summed E-state index contributed by atoms with van der Waals surface area (Å²) < 4.78 is 32.6. The molecule has 0 radical (unpaired) electrons. The molecule has 3 N–H and O–H groups in total. The zero-order chi connectivity index (χ0) is 38.4. The fourth-order valence-corrected chi connectivity index (χ4v) is 5.62. The lowest BCUT2D eigenvalue weighted by Gasteiger charge is -2.19. The van der Waals surface area contributed by atoms with E-state index in [4.69, 9.17) is 24.3 Å². The zero-order valence-electron chi connectivity index (χ0n) is 32.3. The van der Waals surface area contributed by atoms with Crippen molar-refractivity contribution in [2.24, 2.45) is 5.73 Å². The summed E-state index contributed by atoms with van der Waals surface area (Å²) in [5.41, 5.74) is 5.32. The van der Waals surface area contributed by atoms with Crippen LogP contribution in [0.1, 0.15) is 149 Å². The maximum atomic E-state index is 12.5. The largest absolute Gasteiger partial charge is 0.472 e. The van der Waals surface area contributed by atoms with Gasteiger partial charge < -0.3 is 20.1 Å². The van der Waals surface area contributed by atoms with Gasteiger partial charge in [-0.3, -0.25) is 23.4 Å². The Morgan fingerprint density at radius 3 is 1.87 bits per heavy atom. The van der Waals surface area contributed by atoms with Crippen LogP contribution in [0.2, 0.25) is 0 Å². The summed E-state index contributed by atoms with van der Waals surface area (Å²) >= 11 is 0. The lowest BCUT2D eigenvalue weighted by atomic mass is 10.1. The maximum absolute atomic E-state index is 12.5. The Bertz CT molecular complexity index is 1100. The highest BCUT2D eigenvalue weighted by molar-refractivity contribution is 7.47. The number of hydrogen-bond donors (Lipinski definition) is 2. The number of phosphoric acid groups is 1. The van der Waals surface area contributed by atoms with Gasteiger partial charge in [-0.15, -0.1) is 0 Å². The van der Waals surface area contributed by atoms with E-state index in [-0.39, 0.29) is 38.4 Å². The fraction of sp³-hybridized carbons (Fsp3) is 0.683. The summed E-state index contributed by atoms with van der Waals surface area (Å²) in [5, 5.41) is 0. The van der Waals surface area contributed by atoms with E-state index in [0.717, 1.165) is 83.5 Å². The Kier molecular flexibility index (Phi) is 34.9. The number of esters is 2. The predicted molar refractivity (Wildman–Crippen MR) is 211 cm³/mol. The second-order valence-corrected chi connectivity index (χ2v) is 14.3. The summed E-state index contributed by atoms with van der Waals surface area (Å²) in [6.07, 6.45) is 38.0. The number of ketones is 1. The highest BCUT2D eigenvalue weighted by atomic mass is 31.2. The van der Waals surface area contributed by atoms with Crippen LogP contribution in [0, 0.1) is 0 Å². The quantitative estimate of drug-likeness (QED) is 0.0158. The van der Waals surface area contributed by atoms with Gasteiger partial charge in [-0.1, -0.05) is 113 Å². The first-order chi connectivity index (χ1) is 25.2. The van der Waals surface area contributed by atoms with Gasteiger partial charge in [0.05, 0.1) is 13.2 Å². The van der Waals surface area contributed by atoms with Gasteiger partial charge in [0.1, 0.15) is 6.61 Å². The van der Waals surface area contributed by atoms with Crippen LogP contribution >= 0.6 is 7.82 Å². The molecule has 0 aromatic rings. The van der Waals surface area contributed by atoms with Gasteiger partial charge in [-0.2, -0.15) is 0 Å². The lowest BCUT2D eigenvalue weighted by Crippen LogP contribution is -2.29. The zero-order valence-corrected chi connectivity index (χ0v) is 33.2. The van der Waals surface area contributed by atoms with Crippen LogP contribution in [0.25, 0.3) is 0 Å². The molecular formula is C41H70NO9P. The number of carbonyl (C=O) groups is 3. The van der Waals surface area contributed by atoms with Crippen LogP contribution < -0.4 is 5.73 Å². The third kappa shape index (κ3) is 35.8. The molecule has 2 atom stereocenters. The molecule has 0 saturated carbocycles. The van der Waals surface area contributed by atoms with E-state index in [2.05, 4.69) is 56.4 Å². The van der Waals surface area contributed by atoms with E-state index < -0.39 is 32.5 Å². The fourth-order valence-electron chi connectivity index (χ4n) is 4.86. The molecule has 0 rings (SSSR count). The van der Waals surface area contributed by atoms with Crippen molar-refractivity contribution in [1.29, 1.82) is 0 Å². The smallest absolute Gasteiger partial charge is 0.462 e. The molecule has 11 heteroatoms. The summed E-state index contributed by atoms with van der Waals surface area (Å²) in [6, 6.07) is 0. The average molecular weight is 752 g/mol. The molecule has 0 saturated heterocycles. The van der Waals surface area contributed by atoms with Crippen LogP contribution in [0.15, 0.2) is 60.8 Å². The van der Waals surface area contributed by atoms with E-state index in [1.165, 1.54) is 19.3 Å². The van der Waals surface area contributed by atoms with Crippen molar-refractivity contribution in [3.05, 3.63) is 60.8 Å². The minimum atomic E-state index is -4.40. The molecule has 298 valence electrons. The Labute approximate surface area is 315 Å². The summed E-state index contributed by atoms with van der Waals surface area (Å²) in [4.78, 5) is 46.4. The van der Waals surface area contributed by atoms with Crippen molar-refractivity contribution in [3.63, 3.8) is 0 Å². The van der Waals surface area contributed by atoms with Gasteiger partial charge >= 0.3 is 19.8 Å². The predicted octanol–water partition coefficient (Wildman–Crippen LogP) is 10.1. The second kappa shape index (κ2) is 36.7. The number of nitrogens with two attached hydrogens (primary N) is 1. The first-order valence-electron chi connectivity index (χ1n) is 19.7. The molecule has 0 fully saturated rings. The number of carbonyl (C=O) groups excluding carboxylic acids is 3. The van der Waals surface area contributed by atoms with Crippen LogP contribution in [0.5, 0.6) is 0 Å². The summed E-state index contributed by atoms with van der Waals surface area (Å²) in [6.45, 7) is 3.42. The molecule has 0 aliphatic heterocycles. The topological polar surface area (TPSA) is 151 Å². The molecule has 0 heterocycles. The van der Waals surface area contributed by atoms with Crippen LogP contribution in [-0.4, -0.2) is 55.1 Å².